The molecule has 0 saturated heterocycles. The Balaban J connectivity index is 1.69. The third-order valence-corrected chi connectivity index (χ3v) is 6.14. The van der Waals surface area contributed by atoms with E-state index in [0.29, 0.717) is 33.0 Å². The van der Waals surface area contributed by atoms with Crippen molar-refractivity contribution in [3.63, 3.8) is 0 Å². The predicted molar refractivity (Wildman–Crippen MR) is 130 cm³/mol. The number of ether oxygens (including phenoxy) is 1. The summed E-state index contributed by atoms with van der Waals surface area (Å²) in [5.41, 5.74) is 2.77. The van der Waals surface area contributed by atoms with Crippen LogP contribution in [-0.4, -0.2) is 32.0 Å². The zero-order valence-electron chi connectivity index (χ0n) is 17.7. The van der Waals surface area contributed by atoms with Gasteiger partial charge in [0, 0.05) is 34.9 Å². The summed E-state index contributed by atoms with van der Waals surface area (Å²) in [5, 5.41) is 2.85. The molecule has 0 bridgehead atoms. The van der Waals surface area contributed by atoms with Gasteiger partial charge in [-0.25, -0.2) is 19.3 Å². The Hall–Kier alpha value is -4.30. The van der Waals surface area contributed by atoms with Gasteiger partial charge in [0.15, 0.2) is 0 Å². The molecule has 34 heavy (non-hydrogen) atoms. The van der Waals surface area contributed by atoms with E-state index in [1.807, 2.05) is 18.2 Å². The highest BCUT2D eigenvalue weighted by Crippen LogP contribution is 2.37. The molecule has 0 aliphatic heterocycles. The molecule has 3 aromatic heterocycles. The Morgan fingerprint density at radius 1 is 1.00 bits per heavy atom. The van der Waals surface area contributed by atoms with Crippen molar-refractivity contribution in [2.45, 2.75) is 0 Å². The highest BCUT2D eigenvalue weighted by molar-refractivity contribution is 6.33. The average molecular weight is 472 g/mol. The zero-order valence-corrected chi connectivity index (χ0v) is 18.4. The van der Waals surface area contributed by atoms with E-state index in [9.17, 15) is 9.18 Å². The summed E-state index contributed by atoms with van der Waals surface area (Å²) in [6.45, 7) is 0. The summed E-state index contributed by atoms with van der Waals surface area (Å²) in [6.07, 6.45) is 4.89. The molecule has 2 N–H and O–H groups in total. The molecule has 3 heterocycles. The van der Waals surface area contributed by atoms with Crippen LogP contribution < -0.4 is 10.3 Å². The van der Waals surface area contributed by atoms with Gasteiger partial charge in [0.2, 0.25) is 0 Å². The Morgan fingerprint density at radius 3 is 2.59 bits per heavy atom. The van der Waals surface area contributed by atoms with Crippen LogP contribution in [0.5, 0.6) is 6.01 Å². The number of imidazole rings is 1. The largest absolute Gasteiger partial charge is 0.467 e. The van der Waals surface area contributed by atoms with E-state index in [1.54, 1.807) is 36.8 Å². The van der Waals surface area contributed by atoms with Gasteiger partial charge in [0.25, 0.3) is 5.56 Å². The molecule has 0 aliphatic carbocycles. The Kier molecular flexibility index (Phi) is 4.56. The van der Waals surface area contributed by atoms with Crippen LogP contribution in [0.1, 0.15) is 0 Å². The van der Waals surface area contributed by atoms with Crippen molar-refractivity contribution in [3.05, 3.63) is 82.2 Å². The molecule has 0 amide bonds. The fourth-order valence-corrected chi connectivity index (χ4v) is 4.52. The number of methoxy groups -OCH3 is 1. The van der Waals surface area contributed by atoms with Gasteiger partial charge >= 0.3 is 6.01 Å². The lowest BCUT2D eigenvalue weighted by molar-refractivity contribution is 0.380. The van der Waals surface area contributed by atoms with Crippen LogP contribution >= 0.6 is 11.6 Å². The van der Waals surface area contributed by atoms with E-state index in [-0.39, 0.29) is 22.2 Å². The number of halogens is 2. The number of hydrogen-bond acceptors (Lipinski definition) is 5. The maximum absolute atomic E-state index is 14.6. The topological polar surface area (TPSA) is 96.5 Å². The second-order valence-corrected chi connectivity index (χ2v) is 8.13. The summed E-state index contributed by atoms with van der Waals surface area (Å²) in [5.74, 6) is -0.195. The molecular weight excluding hydrogens is 457 g/mol. The Morgan fingerprint density at radius 2 is 1.82 bits per heavy atom. The number of benzene rings is 3. The van der Waals surface area contributed by atoms with Crippen molar-refractivity contribution in [1.29, 1.82) is 0 Å². The number of rotatable bonds is 3. The van der Waals surface area contributed by atoms with Gasteiger partial charge in [-0.2, -0.15) is 0 Å². The molecule has 166 valence electrons. The second-order valence-electron chi connectivity index (χ2n) is 7.72. The first-order valence-electron chi connectivity index (χ1n) is 10.3. The molecule has 7 nitrogen and oxygen atoms in total. The summed E-state index contributed by atoms with van der Waals surface area (Å²) >= 11 is 6.29. The molecular formula is C25H15ClFN5O2. The third kappa shape index (κ3) is 3.03. The lowest BCUT2D eigenvalue weighted by Gasteiger charge is -2.08. The van der Waals surface area contributed by atoms with Crippen molar-refractivity contribution in [1.82, 2.24) is 24.9 Å². The number of aromatic amines is 2. The monoisotopic (exact) mass is 471 g/mol. The number of H-pyrrole nitrogens is 2. The van der Waals surface area contributed by atoms with Gasteiger partial charge in [-0.3, -0.25) is 4.79 Å². The van der Waals surface area contributed by atoms with Crippen LogP contribution in [0.4, 0.5) is 4.39 Å². The molecule has 0 atom stereocenters. The summed E-state index contributed by atoms with van der Waals surface area (Å²) in [7, 11) is 1.50. The Labute approximate surface area is 196 Å². The maximum atomic E-state index is 14.6. The molecule has 0 spiro atoms. The zero-order chi connectivity index (χ0) is 23.4. The molecule has 0 fully saturated rings. The summed E-state index contributed by atoms with van der Waals surface area (Å²) in [4.78, 5) is 31.9. The number of nitrogens with zero attached hydrogens (tertiary/aromatic N) is 3. The standard InChI is InChI=1S/C25H15ClFN5O2/c1-34-25-29-10-13(11-30-25)12-5-6-14-16(9-12)19-15(7-8-28-24(19)33)22-21(14)31-23(32-22)20-17(26)3-2-4-18(20)27/h2-11H,1H3,(H,28,33)(H,31,32). The highest BCUT2D eigenvalue weighted by atomic mass is 35.5. The predicted octanol–water partition coefficient (Wildman–Crippen LogP) is 5.48. The van der Waals surface area contributed by atoms with Gasteiger partial charge < -0.3 is 14.7 Å². The van der Waals surface area contributed by atoms with Crippen molar-refractivity contribution < 1.29 is 9.13 Å². The first kappa shape index (κ1) is 20.3. The lowest BCUT2D eigenvalue weighted by Crippen LogP contribution is -2.05. The summed E-state index contributed by atoms with van der Waals surface area (Å²) < 4.78 is 19.7. The second kappa shape index (κ2) is 7.64. The van der Waals surface area contributed by atoms with E-state index in [2.05, 4.69) is 19.9 Å². The molecule has 6 rings (SSSR count). The van der Waals surface area contributed by atoms with E-state index in [1.165, 1.54) is 13.2 Å². The van der Waals surface area contributed by atoms with Crippen LogP contribution in [0, 0.1) is 5.82 Å². The minimum absolute atomic E-state index is 0.179. The molecule has 9 heteroatoms. The SMILES string of the molecule is COc1ncc(-c2ccc3c(c2)c2c(=O)[nH]ccc2c2[nH]c(-c4c(F)cccc4Cl)nc32)cn1. The van der Waals surface area contributed by atoms with Gasteiger partial charge in [0.1, 0.15) is 11.6 Å². The van der Waals surface area contributed by atoms with Crippen molar-refractivity contribution in [2.24, 2.45) is 0 Å². The molecule has 6 aromatic rings. The minimum Gasteiger partial charge on any atom is -0.467 e. The minimum atomic E-state index is -0.486. The average Bonchev–Trinajstić information content (AvgIpc) is 3.29. The van der Waals surface area contributed by atoms with E-state index in [4.69, 9.17) is 21.3 Å². The molecule has 0 aliphatic rings. The van der Waals surface area contributed by atoms with Crippen LogP contribution in [0.2, 0.25) is 5.02 Å². The van der Waals surface area contributed by atoms with Gasteiger partial charge in [-0.05, 0) is 35.2 Å². The fourth-order valence-electron chi connectivity index (χ4n) is 4.27. The fraction of sp³-hybridized carbons (Fsp3) is 0.0400. The number of aromatic nitrogens is 5. The summed E-state index contributed by atoms with van der Waals surface area (Å²) in [6, 6.07) is 12.2. The lowest BCUT2D eigenvalue weighted by atomic mass is 9.97. The van der Waals surface area contributed by atoms with Gasteiger partial charge in [-0.15, -0.1) is 0 Å². The van der Waals surface area contributed by atoms with Crippen LogP contribution in [0.15, 0.2) is 65.8 Å². The first-order chi connectivity index (χ1) is 16.5. The highest BCUT2D eigenvalue weighted by Gasteiger charge is 2.19. The molecule has 0 unspecified atom stereocenters. The van der Waals surface area contributed by atoms with Crippen LogP contribution in [-0.2, 0) is 0 Å². The van der Waals surface area contributed by atoms with E-state index < -0.39 is 5.82 Å². The van der Waals surface area contributed by atoms with Crippen molar-refractivity contribution in [3.8, 4) is 28.5 Å². The number of pyridine rings is 1. The quantitative estimate of drug-likeness (QED) is 0.333. The van der Waals surface area contributed by atoms with Crippen molar-refractivity contribution in [2.75, 3.05) is 7.11 Å². The van der Waals surface area contributed by atoms with Crippen LogP contribution in [0.3, 0.4) is 0 Å². The van der Waals surface area contributed by atoms with E-state index in [0.717, 1.165) is 16.5 Å². The van der Waals surface area contributed by atoms with Crippen molar-refractivity contribution >= 4 is 44.2 Å². The normalized spacial score (nSPS) is 11.5. The third-order valence-electron chi connectivity index (χ3n) is 5.82. The van der Waals surface area contributed by atoms with Gasteiger partial charge in [0.05, 0.1) is 34.1 Å². The Bertz CT molecular complexity index is 1770. The molecule has 0 radical (unpaired) electrons. The number of hydrogen-bond donors (Lipinski definition) is 2. The smallest absolute Gasteiger partial charge is 0.316 e. The van der Waals surface area contributed by atoms with E-state index >= 15 is 0 Å². The maximum Gasteiger partial charge on any atom is 0.316 e. The van der Waals surface area contributed by atoms with Gasteiger partial charge in [-0.1, -0.05) is 29.8 Å². The first-order valence-corrected chi connectivity index (χ1v) is 10.7. The number of fused-ring (bicyclic) bond motifs is 6. The molecule has 0 saturated carbocycles. The number of nitrogens with one attached hydrogen (secondary N) is 2. The van der Waals surface area contributed by atoms with Crippen LogP contribution in [0.25, 0.3) is 55.1 Å². The molecule has 3 aromatic carbocycles.